The van der Waals surface area contributed by atoms with Crippen LogP contribution < -0.4 is 16.0 Å². The van der Waals surface area contributed by atoms with Gasteiger partial charge in [0.1, 0.15) is 23.9 Å². The molecule has 2 aliphatic rings. The van der Waals surface area contributed by atoms with Gasteiger partial charge in [0.25, 0.3) is 11.8 Å². The van der Waals surface area contributed by atoms with E-state index in [4.69, 9.17) is 28.6 Å². The highest BCUT2D eigenvalue weighted by molar-refractivity contribution is 6.42. The molecule has 0 fully saturated rings. The first kappa shape index (κ1) is 28.8. The van der Waals surface area contributed by atoms with Gasteiger partial charge in [-0.1, -0.05) is 41.4 Å². The number of anilines is 1. The van der Waals surface area contributed by atoms with E-state index in [9.17, 15) is 19.5 Å². The van der Waals surface area contributed by atoms with Crippen LogP contribution in [0.1, 0.15) is 21.5 Å². The van der Waals surface area contributed by atoms with Gasteiger partial charge < -0.3 is 26.0 Å². The number of aliphatic carboxylic acids is 1. The van der Waals surface area contributed by atoms with E-state index in [-0.39, 0.29) is 41.0 Å². The molecule has 2 aliphatic heterocycles. The van der Waals surface area contributed by atoms with Crippen molar-refractivity contribution in [3.8, 4) is 0 Å². The van der Waals surface area contributed by atoms with E-state index < -0.39 is 23.8 Å². The monoisotopic (exact) mass is 605 g/mol. The van der Waals surface area contributed by atoms with Crippen LogP contribution in [0.4, 0.5) is 5.82 Å². The van der Waals surface area contributed by atoms with Crippen molar-refractivity contribution in [1.29, 1.82) is 5.41 Å². The number of hydrogen-bond acceptors (Lipinski definition) is 8. The molecular formula is C29H25Cl2N7O4. The minimum atomic E-state index is -1.33. The van der Waals surface area contributed by atoms with E-state index in [0.717, 1.165) is 0 Å². The summed E-state index contributed by atoms with van der Waals surface area (Å²) in [5.74, 6) is -2.04. The van der Waals surface area contributed by atoms with Gasteiger partial charge in [-0.2, -0.15) is 0 Å². The van der Waals surface area contributed by atoms with Crippen LogP contribution in [0.3, 0.4) is 0 Å². The molecule has 0 saturated heterocycles. The first-order valence-corrected chi connectivity index (χ1v) is 13.6. The lowest BCUT2D eigenvalue weighted by Crippen LogP contribution is -2.45. The van der Waals surface area contributed by atoms with Crippen LogP contribution in [0.2, 0.25) is 10.0 Å². The zero-order valence-electron chi connectivity index (χ0n) is 22.0. The first-order valence-electron chi connectivity index (χ1n) is 12.9. The highest BCUT2D eigenvalue weighted by Crippen LogP contribution is 2.35. The van der Waals surface area contributed by atoms with Gasteiger partial charge in [-0.3, -0.25) is 15.0 Å². The molecular weight excluding hydrogens is 581 g/mol. The van der Waals surface area contributed by atoms with Crippen molar-refractivity contribution in [2.24, 2.45) is 0 Å². The van der Waals surface area contributed by atoms with Gasteiger partial charge in [0.15, 0.2) is 0 Å². The summed E-state index contributed by atoms with van der Waals surface area (Å²) < 4.78 is 0. The molecule has 2 amide bonds. The second kappa shape index (κ2) is 12.4. The molecule has 5 N–H and O–H groups in total. The molecule has 0 saturated carbocycles. The molecule has 1 aromatic heterocycles. The molecule has 3 heterocycles. The SMILES string of the molecule is N=C(/C=C1/C=CC=CN1)C(=O)N1CCc2c(cc(Cl)c(C(=O)N[C@@H](CNc3ncnc4ccccc34)C(=O)O)c2Cl)C1. The Labute approximate surface area is 250 Å². The fraction of sp³-hybridized carbons (Fsp3) is 0.172. The molecule has 1 atom stereocenters. The number of halogens is 2. The van der Waals surface area contributed by atoms with Crippen LogP contribution in [0.15, 0.2) is 72.9 Å². The molecule has 3 aromatic rings. The fourth-order valence-corrected chi connectivity index (χ4v) is 5.46. The number of aromatic nitrogens is 2. The number of hydrogen-bond donors (Lipinski definition) is 5. The third-order valence-electron chi connectivity index (χ3n) is 6.80. The lowest BCUT2D eigenvalue weighted by atomic mass is 9.96. The highest BCUT2D eigenvalue weighted by Gasteiger charge is 2.30. The van der Waals surface area contributed by atoms with Crippen LogP contribution in [0.25, 0.3) is 10.9 Å². The van der Waals surface area contributed by atoms with Crippen LogP contribution in [-0.4, -0.2) is 62.6 Å². The van der Waals surface area contributed by atoms with Gasteiger partial charge in [-0.05, 0) is 54.0 Å². The smallest absolute Gasteiger partial charge is 0.328 e. The van der Waals surface area contributed by atoms with Crippen molar-refractivity contribution < 1.29 is 19.5 Å². The van der Waals surface area contributed by atoms with Crippen molar-refractivity contribution in [2.45, 2.75) is 19.0 Å². The Balaban J connectivity index is 1.29. The molecule has 0 radical (unpaired) electrons. The normalized spacial score (nSPS) is 15.6. The minimum Gasteiger partial charge on any atom is -0.480 e. The molecule has 214 valence electrons. The summed E-state index contributed by atoms with van der Waals surface area (Å²) in [7, 11) is 0. The Hall–Kier alpha value is -4.74. The molecule has 11 nitrogen and oxygen atoms in total. The lowest BCUT2D eigenvalue weighted by molar-refractivity contribution is -0.138. The van der Waals surface area contributed by atoms with Crippen LogP contribution in [0.5, 0.6) is 0 Å². The maximum atomic E-state index is 13.2. The number of benzene rings is 2. The molecule has 0 aliphatic carbocycles. The van der Waals surface area contributed by atoms with E-state index in [0.29, 0.717) is 40.0 Å². The summed E-state index contributed by atoms with van der Waals surface area (Å²) in [5, 5.41) is 27.3. The first-order chi connectivity index (χ1) is 20.2. The van der Waals surface area contributed by atoms with Crippen molar-refractivity contribution in [3.05, 3.63) is 99.6 Å². The Kier molecular flexibility index (Phi) is 8.51. The number of para-hydroxylation sites is 1. The van der Waals surface area contributed by atoms with Crippen molar-refractivity contribution in [2.75, 3.05) is 18.4 Å². The average molecular weight is 606 g/mol. The zero-order valence-corrected chi connectivity index (χ0v) is 23.5. The topological polar surface area (TPSA) is 160 Å². The van der Waals surface area contributed by atoms with Crippen molar-refractivity contribution in [1.82, 2.24) is 25.5 Å². The number of fused-ring (bicyclic) bond motifs is 2. The highest BCUT2D eigenvalue weighted by atomic mass is 35.5. The second-order valence-corrected chi connectivity index (χ2v) is 10.3. The van der Waals surface area contributed by atoms with Crippen LogP contribution in [0, 0.1) is 5.41 Å². The number of nitrogens with one attached hydrogen (secondary N) is 4. The summed E-state index contributed by atoms with van der Waals surface area (Å²) >= 11 is 13.1. The number of amides is 2. The molecule has 5 rings (SSSR count). The summed E-state index contributed by atoms with van der Waals surface area (Å²) in [4.78, 5) is 48.1. The predicted octanol–water partition coefficient (Wildman–Crippen LogP) is 3.69. The van der Waals surface area contributed by atoms with Gasteiger partial charge in [-0.25, -0.2) is 14.8 Å². The maximum absolute atomic E-state index is 13.2. The van der Waals surface area contributed by atoms with E-state index in [1.165, 1.54) is 17.3 Å². The fourth-order valence-electron chi connectivity index (χ4n) is 4.69. The summed E-state index contributed by atoms with van der Waals surface area (Å²) in [6.07, 6.45) is 10.2. The molecule has 42 heavy (non-hydrogen) atoms. The number of nitrogens with zero attached hydrogens (tertiary/aromatic N) is 3. The standard InChI is InChI=1S/C29H25Cl2N7O4/c30-20-11-16-14-38(28(40)21(32)12-17-5-3-4-9-33-17)10-8-18(16)25(31)24(20)27(39)37-23(29(41)42)13-34-26-19-6-1-2-7-22(19)35-15-36-26/h1-7,9,11-12,15,23,32-33H,8,10,13-14H2,(H,37,39)(H,41,42)(H,34,35,36)/b17-12-,32-21?/t23-/m0/s1. The number of carbonyl (C=O) groups is 3. The molecule has 0 spiro atoms. The summed E-state index contributed by atoms with van der Waals surface area (Å²) in [6.45, 7) is 0.263. The van der Waals surface area contributed by atoms with Crippen molar-refractivity contribution in [3.63, 3.8) is 0 Å². The van der Waals surface area contributed by atoms with Gasteiger partial charge in [-0.15, -0.1) is 0 Å². The summed E-state index contributed by atoms with van der Waals surface area (Å²) in [6, 6.07) is 7.48. The number of dihydropyridines is 1. The third kappa shape index (κ3) is 6.12. The zero-order chi connectivity index (χ0) is 29.8. The van der Waals surface area contributed by atoms with E-state index in [2.05, 4.69) is 25.9 Å². The molecule has 0 unspecified atom stereocenters. The number of carboxylic acid groups (broad SMARTS) is 1. The maximum Gasteiger partial charge on any atom is 0.328 e. The quantitative estimate of drug-likeness (QED) is 0.243. The third-order valence-corrected chi connectivity index (χ3v) is 7.52. The number of carbonyl (C=O) groups excluding carboxylic acids is 2. The van der Waals surface area contributed by atoms with Crippen molar-refractivity contribution >= 4 is 63.4 Å². The van der Waals surface area contributed by atoms with Gasteiger partial charge in [0.2, 0.25) is 0 Å². The van der Waals surface area contributed by atoms with E-state index in [1.54, 1.807) is 42.6 Å². The molecule has 0 bridgehead atoms. The minimum absolute atomic E-state index is 0.0185. The Morgan fingerprint density at radius 2 is 2.00 bits per heavy atom. The summed E-state index contributed by atoms with van der Waals surface area (Å²) in [5.41, 5.74) is 2.36. The second-order valence-electron chi connectivity index (χ2n) is 9.52. The Bertz CT molecular complexity index is 1700. The Morgan fingerprint density at radius 1 is 1.19 bits per heavy atom. The number of carboxylic acids is 1. The number of rotatable bonds is 8. The predicted molar refractivity (Wildman–Crippen MR) is 160 cm³/mol. The Morgan fingerprint density at radius 3 is 2.76 bits per heavy atom. The number of allylic oxidation sites excluding steroid dienone is 3. The van der Waals surface area contributed by atoms with Gasteiger partial charge in [0, 0.05) is 36.9 Å². The largest absolute Gasteiger partial charge is 0.480 e. The molecule has 13 heteroatoms. The van der Waals surface area contributed by atoms with Gasteiger partial charge >= 0.3 is 5.97 Å². The van der Waals surface area contributed by atoms with Crippen LogP contribution in [-0.2, 0) is 22.6 Å². The van der Waals surface area contributed by atoms with Crippen LogP contribution >= 0.6 is 23.2 Å². The van der Waals surface area contributed by atoms with E-state index >= 15 is 0 Å². The molecule has 2 aromatic carbocycles. The van der Waals surface area contributed by atoms with Gasteiger partial charge in [0.05, 0.1) is 21.1 Å². The average Bonchev–Trinajstić information content (AvgIpc) is 2.98. The lowest BCUT2D eigenvalue weighted by Gasteiger charge is -2.30. The van der Waals surface area contributed by atoms with E-state index in [1.807, 2.05) is 12.1 Å².